The normalized spacial score (nSPS) is 10.1. The number of benzene rings is 1. The quantitative estimate of drug-likeness (QED) is 0.454. The van der Waals surface area contributed by atoms with Gasteiger partial charge in [0.25, 0.3) is 5.91 Å². The molecule has 0 aliphatic rings. The van der Waals surface area contributed by atoms with Gasteiger partial charge in [-0.2, -0.15) is 0 Å². The van der Waals surface area contributed by atoms with E-state index in [4.69, 9.17) is 17.4 Å². The maximum Gasteiger partial charge on any atom is 0.253 e. The van der Waals surface area contributed by atoms with E-state index >= 15 is 0 Å². The molecule has 18 heavy (non-hydrogen) atoms. The predicted molar refractivity (Wildman–Crippen MR) is 73.4 cm³/mol. The summed E-state index contributed by atoms with van der Waals surface area (Å²) in [6, 6.07) is 7.41. The van der Waals surface area contributed by atoms with Crippen molar-refractivity contribution in [3.05, 3.63) is 34.7 Å². The molecule has 5 nitrogen and oxygen atoms in total. The van der Waals surface area contributed by atoms with Gasteiger partial charge in [0.1, 0.15) is 0 Å². The van der Waals surface area contributed by atoms with Crippen LogP contribution in [0.1, 0.15) is 0 Å². The summed E-state index contributed by atoms with van der Waals surface area (Å²) in [4.78, 5) is 15.3. The van der Waals surface area contributed by atoms with Crippen molar-refractivity contribution in [2.24, 2.45) is 5.84 Å². The van der Waals surface area contributed by atoms with Crippen LogP contribution < -0.4 is 16.6 Å². The Bertz CT molecular complexity index is 540. The van der Waals surface area contributed by atoms with Crippen LogP contribution >= 0.6 is 22.9 Å². The van der Waals surface area contributed by atoms with Crippen molar-refractivity contribution in [3.63, 3.8) is 0 Å². The molecular formula is C11H11ClN4OS. The Morgan fingerprint density at radius 3 is 2.78 bits per heavy atom. The van der Waals surface area contributed by atoms with Gasteiger partial charge < -0.3 is 5.32 Å². The number of hydrazine groups is 1. The van der Waals surface area contributed by atoms with E-state index in [0.29, 0.717) is 10.2 Å². The zero-order chi connectivity index (χ0) is 13.0. The highest BCUT2D eigenvalue weighted by Crippen LogP contribution is 2.25. The molecule has 0 aliphatic heterocycles. The summed E-state index contributed by atoms with van der Waals surface area (Å²) in [7, 11) is 0. The molecule has 0 radical (unpaired) electrons. The van der Waals surface area contributed by atoms with Crippen LogP contribution in [0.3, 0.4) is 0 Å². The van der Waals surface area contributed by atoms with Crippen LogP contribution in [-0.4, -0.2) is 17.4 Å². The van der Waals surface area contributed by atoms with Crippen molar-refractivity contribution in [1.82, 2.24) is 10.4 Å². The topological polar surface area (TPSA) is 80.0 Å². The van der Waals surface area contributed by atoms with Crippen LogP contribution in [-0.2, 0) is 4.79 Å². The van der Waals surface area contributed by atoms with Gasteiger partial charge in [0.15, 0.2) is 5.13 Å². The number of carbonyl (C=O) groups is 1. The Labute approximate surface area is 113 Å². The lowest BCUT2D eigenvalue weighted by atomic mass is 10.2. The molecule has 0 spiro atoms. The minimum Gasteiger partial charge on any atom is -0.352 e. The summed E-state index contributed by atoms with van der Waals surface area (Å²) in [5.41, 5.74) is 3.86. The number of carbonyl (C=O) groups excluding carboxylic acids is 1. The summed E-state index contributed by atoms with van der Waals surface area (Å²) in [6.45, 7) is 0.101. The Morgan fingerprint density at radius 2 is 2.11 bits per heavy atom. The highest BCUT2D eigenvalue weighted by molar-refractivity contribution is 7.14. The highest BCUT2D eigenvalue weighted by atomic mass is 35.5. The minimum absolute atomic E-state index is 0.101. The number of amides is 1. The third kappa shape index (κ3) is 3.19. The first-order chi connectivity index (χ1) is 8.69. The third-order valence-corrected chi connectivity index (χ3v) is 3.26. The molecule has 0 bridgehead atoms. The number of rotatable bonds is 4. The van der Waals surface area contributed by atoms with Gasteiger partial charge in [-0.15, -0.1) is 11.3 Å². The third-order valence-electron chi connectivity index (χ3n) is 2.21. The van der Waals surface area contributed by atoms with Gasteiger partial charge >= 0.3 is 0 Å². The largest absolute Gasteiger partial charge is 0.352 e. The molecule has 2 rings (SSSR count). The molecule has 1 aromatic carbocycles. The molecule has 0 atom stereocenters. The second-order valence-corrected chi connectivity index (χ2v) is 4.76. The van der Waals surface area contributed by atoms with Gasteiger partial charge in [0, 0.05) is 16.0 Å². The average Bonchev–Trinajstić information content (AvgIpc) is 2.85. The summed E-state index contributed by atoms with van der Waals surface area (Å²) < 4.78 is 0. The Kier molecular flexibility index (Phi) is 4.14. The molecule has 2 aromatic rings. The lowest BCUT2D eigenvalue weighted by molar-refractivity contribution is -0.119. The standard InChI is InChI=1S/C11H11ClN4OS/c12-8-3-1-7(2-4-8)9-6-18-11(15-9)14-5-10(17)16-13/h1-4,6H,5,13H2,(H,14,15)(H,16,17). The number of nitrogens with one attached hydrogen (secondary N) is 2. The first-order valence-electron chi connectivity index (χ1n) is 5.14. The molecule has 0 unspecified atom stereocenters. The van der Waals surface area contributed by atoms with E-state index in [1.807, 2.05) is 35.1 Å². The van der Waals surface area contributed by atoms with Crippen molar-refractivity contribution in [2.45, 2.75) is 0 Å². The van der Waals surface area contributed by atoms with Crippen LogP contribution in [0.2, 0.25) is 5.02 Å². The first-order valence-corrected chi connectivity index (χ1v) is 6.39. The molecule has 4 N–H and O–H groups in total. The number of aromatic nitrogens is 1. The molecule has 1 amide bonds. The second-order valence-electron chi connectivity index (χ2n) is 3.47. The van der Waals surface area contributed by atoms with Crippen LogP contribution in [0, 0.1) is 0 Å². The first kappa shape index (κ1) is 12.8. The fourth-order valence-corrected chi connectivity index (χ4v) is 2.16. The van der Waals surface area contributed by atoms with Gasteiger partial charge in [-0.25, -0.2) is 10.8 Å². The highest BCUT2D eigenvalue weighted by Gasteiger charge is 2.05. The lowest BCUT2D eigenvalue weighted by Crippen LogP contribution is -2.35. The molecule has 0 saturated carbocycles. The molecule has 94 valence electrons. The smallest absolute Gasteiger partial charge is 0.253 e. The summed E-state index contributed by atoms with van der Waals surface area (Å²) in [6.07, 6.45) is 0. The molecule has 0 saturated heterocycles. The summed E-state index contributed by atoms with van der Waals surface area (Å²) >= 11 is 7.24. The fourth-order valence-electron chi connectivity index (χ4n) is 1.32. The summed E-state index contributed by atoms with van der Waals surface area (Å²) in [5.74, 6) is 4.68. The SMILES string of the molecule is NNC(=O)CNc1nc(-c2ccc(Cl)cc2)cs1. The van der Waals surface area contributed by atoms with Crippen molar-refractivity contribution < 1.29 is 4.79 Å². The number of anilines is 1. The molecule has 1 aromatic heterocycles. The van der Waals surface area contributed by atoms with Gasteiger partial charge in [0.05, 0.1) is 12.2 Å². The zero-order valence-electron chi connectivity index (χ0n) is 9.31. The van der Waals surface area contributed by atoms with E-state index in [2.05, 4.69) is 10.3 Å². The van der Waals surface area contributed by atoms with E-state index < -0.39 is 0 Å². The molecule has 7 heteroatoms. The van der Waals surface area contributed by atoms with Crippen LogP contribution in [0.25, 0.3) is 11.3 Å². The van der Waals surface area contributed by atoms with Crippen LogP contribution in [0.5, 0.6) is 0 Å². The maximum atomic E-state index is 11.0. The van der Waals surface area contributed by atoms with Gasteiger partial charge in [-0.3, -0.25) is 10.2 Å². The number of thiazole rings is 1. The zero-order valence-corrected chi connectivity index (χ0v) is 10.9. The van der Waals surface area contributed by atoms with E-state index in [9.17, 15) is 4.79 Å². The van der Waals surface area contributed by atoms with E-state index in [1.54, 1.807) is 0 Å². The van der Waals surface area contributed by atoms with Crippen LogP contribution in [0.15, 0.2) is 29.6 Å². The van der Waals surface area contributed by atoms with E-state index in [-0.39, 0.29) is 12.5 Å². The average molecular weight is 283 g/mol. The number of hydrogen-bond donors (Lipinski definition) is 3. The molecular weight excluding hydrogens is 272 g/mol. The van der Waals surface area contributed by atoms with Crippen molar-refractivity contribution in [3.8, 4) is 11.3 Å². The number of halogens is 1. The summed E-state index contributed by atoms with van der Waals surface area (Å²) in [5, 5.41) is 6.15. The van der Waals surface area contributed by atoms with Crippen molar-refractivity contribution in [2.75, 3.05) is 11.9 Å². The number of hydrogen-bond acceptors (Lipinski definition) is 5. The Balaban J connectivity index is 2.06. The van der Waals surface area contributed by atoms with Gasteiger partial charge in [0.2, 0.25) is 0 Å². The minimum atomic E-state index is -0.293. The number of nitrogens with two attached hydrogens (primary N) is 1. The van der Waals surface area contributed by atoms with Crippen molar-refractivity contribution in [1.29, 1.82) is 0 Å². The Hall–Kier alpha value is -1.63. The Morgan fingerprint density at radius 1 is 1.39 bits per heavy atom. The van der Waals surface area contributed by atoms with E-state index in [1.165, 1.54) is 11.3 Å². The van der Waals surface area contributed by atoms with Gasteiger partial charge in [-0.05, 0) is 12.1 Å². The monoisotopic (exact) mass is 282 g/mol. The van der Waals surface area contributed by atoms with Crippen LogP contribution in [0.4, 0.5) is 5.13 Å². The molecule has 0 fully saturated rings. The maximum absolute atomic E-state index is 11.0. The fraction of sp³-hybridized carbons (Fsp3) is 0.0909. The number of nitrogens with zero attached hydrogens (tertiary/aromatic N) is 1. The van der Waals surface area contributed by atoms with E-state index in [0.717, 1.165) is 11.3 Å². The van der Waals surface area contributed by atoms with Gasteiger partial charge in [-0.1, -0.05) is 23.7 Å². The second kappa shape index (κ2) is 5.81. The molecule has 0 aliphatic carbocycles. The molecule has 1 heterocycles. The van der Waals surface area contributed by atoms with Crippen molar-refractivity contribution >= 4 is 34.0 Å². The lowest BCUT2D eigenvalue weighted by Gasteiger charge is -2.00. The predicted octanol–water partition coefficient (Wildman–Crippen LogP) is 1.87.